The van der Waals surface area contributed by atoms with Crippen molar-refractivity contribution in [3.05, 3.63) is 98.9 Å². The van der Waals surface area contributed by atoms with Crippen molar-refractivity contribution in [3.8, 4) is 33.8 Å². The molecule has 454 valence electrons. The third-order valence-corrected chi connectivity index (χ3v) is 36.1. The number of halogens is 1. The third-order valence-electron chi connectivity index (χ3n) is 13.6. The molecule has 85 heavy (non-hydrogen) atoms. The Morgan fingerprint density at radius 1 is 0.612 bits per heavy atom. The second kappa shape index (κ2) is 30.2. The van der Waals surface area contributed by atoms with Crippen LogP contribution in [-0.4, -0.2) is 74.0 Å². The summed E-state index contributed by atoms with van der Waals surface area (Å²) in [4.78, 5) is 25.2. The molecule has 31 heteroatoms. The van der Waals surface area contributed by atoms with E-state index in [1.807, 2.05) is 64.4 Å². The zero-order valence-electron chi connectivity index (χ0n) is 47.7. The fourth-order valence-electron chi connectivity index (χ4n) is 9.60. The molecular formula is C54H64ClN13O4S13. The number of ether oxygens (including phenoxy) is 2. The van der Waals surface area contributed by atoms with Gasteiger partial charge in [-0.25, -0.2) is 24.6 Å². The number of hydrogen-bond donors (Lipinski definition) is 3. The van der Waals surface area contributed by atoms with Crippen LogP contribution < -0.4 is 15.2 Å². The fraction of sp³-hybridized carbons (Fsp3) is 0.407. The molecule has 2 aromatic carbocycles. The SMILES string of the molecule is C.CC(C)c1cc(N)n(C2CC2)n1.COc1cc2c(cc1-c1c(C)noc1C)[nH]c1nc(C)nc(Cc3cc(C(C)C)nn3C3CC3)c12.COc1cc2c(cc1-c1c(C)noc1C)[nH]c1nc(C)nc(Cl)c12.S=S=S=S=S=S=S=S=S=S=S=S=S. The van der Waals surface area contributed by atoms with Crippen LogP contribution in [0.1, 0.15) is 142 Å². The van der Waals surface area contributed by atoms with Crippen LogP contribution in [-0.2, 0) is 126 Å². The predicted octanol–water partition coefficient (Wildman–Crippen LogP) is 12.8. The number of aromatic amines is 2. The summed E-state index contributed by atoms with van der Waals surface area (Å²) >= 11 is 15.7. The minimum absolute atomic E-state index is 0. The van der Waals surface area contributed by atoms with Crippen molar-refractivity contribution in [1.82, 2.24) is 59.8 Å². The molecule has 0 aliphatic heterocycles. The fourth-order valence-corrected chi connectivity index (χ4v) is 34.6. The maximum atomic E-state index is 6.33. The molecule has 2 aliphatic rings. The van der Waals surface area contributed by atoms with Gasteiger partial charge in [-0.3, -0.25) is 4.68 Å². The molecule has 0 unspecified atom stereocenters. The highest BCUT2D eigenvalue weighted by Crippen LogP contribution is 2.43. The number of hydrogen-bond acceptors (Lipinski definition) is 15. The molecule has 4 N–H and O–H groups in total. The molecule has 17 nitrogen and oxygen atoms in total. The van der Waals surface area contributed by atoms with Crippen molar-refractivity contribution in [1.29, 1.82) is 0 Å². The van der Waals surface area contributed by atoms with Crippen molar-refractivity contribution in [3.63, 3.8) is 0 Å². The Hall–Kier alpha value is -4.41. The Kier molecular flexibility index (Phi) is 23.6. The monoisotopic (exact) mass is 1410 g/mol. The van der Waals surface area contributed by atoms with E-state index < -0.39 is 0 Å². The summed E-state index contributed by atoms with van der Waals surface area (Å²) < 4.78 is 26.4. The lowest BCUT2D eigenvalue weighted by molar-refractivity contribution is 0.393. The number of rotatable bonds is 10. The molecule has 0 atom stereocenters. The number of nitrogen functional groups attached to an aromatic ring is 1. The molecule has 8 aromatic heterocycles. The van der Waals surface area contributed by atoms with E-state index in [0.717, 1.165) is 124 Å². The maximum absolute atomic E-state index is 6.33. The van der Waals surface area contributed by atoms with Gasteiger partial charge in [0.25, 0.3) is 0 Å². The van der Waals surface area contributed by atoms with Crippen molar-refractivity contribution in [2.45, 2.75) is 133 Å². The van der Waals surface area contributed by atoms with Crippen LogP contribution in [0.15, 0.2) is 45.4 Å². The van der Waals surface area contributed by atoms with Gasteiger partial charge in [0.05, 0.1) is 71.3 Å². The minimum atomic E-state index is 0. The number of nitrogens with one attached hydrogen (secondary N) is 2. The van der Waals surface area contributed by atoms with E-state index in [9.17, 15) is 0 Å². The molecule has 0 amide bonds. The Balaban J connectivity index is 0.000000162. The van der Waals surface area contributed by atoms with Gasteiger partial charge < -0.3 is 34.2 Å². The molecule has 0 saturated heterocycles. The summed E-state index contributed by atoms with van der Waals surface area (Å²) in [6, 6.07) is 13.5. The lowest BCUT2D eigenvalue weighted by atomic mass is 10.00. The number of aryl methyl sites for hydroxylation is 6. The van der Waals surface area contributed by atoms with Gasteiger partial charge in [-0.2, -0.15) is 10.2 Å². The highest BCUT2D eigenvalue weighted by atomic mass is 35.5. The van der Waals surface area contributed by atoms with E-state index in [0.29, 0.717) is 47.0 Å². The van der Waals surface area contributed by atoms with Gasteiger partial charge in [-0.1, -0.05) is 57.0 Å². The van der Waals surface area contributed by atoms with Crippen LogP contribution in [0, 0.1) is 41.5 Å². The van der Waals surface area contributed by atoms with Crippen LogP contribution in [0.3, 0.4) is 0 Å². The Morgan fingerprint density at radius 3 is 1.48 bits per heavy atom. The second-order valence-corrected chi connectivity index (χ2v) is 40.0. The summed E-state index contributed by atoms with van der Waals surface area (Å²) in [5, 5.41) is 21.8. The first-order valence-electron chi connectivity index (χ1n) is 26.2. The van der Waals surface area contributed by atoms with Crippen molar-refractivity contribution < 1.29 is 18.5 Å². The minimum Gasteiger partial charge on any atom is -0.496 e. The van der Waals surface area contributed by atoms with E-state index in [1.165, 1.54) is 49.1 Å². The second-order valence-electron chi connectivity index (χ2n) is 20.2. The van der Waals surface area contributed by atoms with E-state index in [-0.39, 0.29) is 7.43 Å². The van der Waals surface area contributed by atoms with Crippen molar-refractivity contribution >= 4 is 181 Å². The zero-order chi connectivity index (χ0) is 59.9. The largest absolute Gasteiger partial charge is 0.496 e. The molecule has 8 heterocycles. The van der Waals surface area contributed by atoms with E-state index in [2.05, 4.69) is 85.9 Å². The summed E-state index contributed by atoms with van der Waals surface area (Å²) in [5.74, 6) is 6.06. The first-order valence-corrected chi connectivity index (χ1v) is 42.6. The molecule has 0 bridgehead atoms. The average Bonchev–Trinajstić information content (AvgIpc) is 1.93. The van der Waals surface area contributed by atoms with Crippen LogP contribution in [0.2, 0.25) is 5.15 Å². The highest BCUT2D eigenvalue weighted by molar-refractivity contribution is 8.75. The number of nitrogens with zero attached hydrogens (tertiary/aromatic N) is 10. The van der Waals surface area contributed by atoms with Gasteiger partial charge in [0.2, 0.25) is 0 Å². The number of methoxy groups -OCH3 is 2. The Morgan fingerprint density at radius 2 is 1.05 bits per heavy atom. The van der Waals surface area contributed by atoms with Gasteiger partial charge in [0.1, 0.15) is 56.9 Å². The number of aromatic nitrogens is 12. The zero-order valence-corrected chi connectivity index (χ0v) is 59.0. The third kappa shape index (κ3) is 15.9. The van der Waals surface area contributed by atoms with Crippen LogP contribution in [0.25, 0.3) is 66.1 Å². The van der Waals surface area contributed by atoms with E-state index >= 15 is 0 Å². The highest BCUT2D eigenvalue weighted by Gasteiger charge is 2.30. The van der Waals surface area contributed by atoms with Gasteiger partial charge in [0, 0.05) is 177 Å². The molecule has 12 rings (SSSR count). The number of H-pyrrole nitrogens is 2. The molecule has 0 radical (unpaired) electrons. The summed E-state index contributed by atoms with van der Waals surface area (Å²) in [6.45, 7) is 20.1. The summed E-state index contributed by atoms with van der Waals surface area (Å²) in [6.07, 6.45) is 5.57. The lowest BCUT2D eigenvalue weighted by Gasteiger charge is -2.10. The van der Waals surface area contributed by atoms with Crippen LogP contribution in [0.4, 0.5) is 5.82 Å². The molecule has 2 saturated carbocycles. The Bertz CT molecular complexity index is 4570. The quantitative estimate of drug-likeness (QED) is 0.109. The first-order chi connectivity index (χ1) is 40.4. The number of fused-ring (bicyclic) bond motifs is 6. The predicted molar refractivity (Wildman–Crippen MR) is 379 cm³/mol. The van der Waals surface area contributed by atoms with Gasteiger partial charge >= 0.3 is 0 Å². The van der Waals surface area contributed by atoms with Crippen LogP contribution in [0.5, 0.6) is 11.5 Å². The molecule has 2 aliphatic carbocycles. The van der Waals surface area contributed by atoms with Gasteiger partial charge in [-0.15, -0.1) is 0 Å². The van der Waals surface area contributed by atoms with E-state index in [1.54, 1.807) is 94.1 Å². The van der Waals surface area contributed by atoms with E-state index in [4.69, 9.17) is 73.3 Å². The summed E-state index contributed by atoms with van der Waals surface area (Å²) in [7, 11) is 21.4. The van der Waals surface area contributed by atoms with Gasteiger partial charge in [0.15, 0.2) is 0 Å². The number of nitrogens with two attached hydrogens (primary N) is 1. The standard InChI is InChI=1S/C27H30N6O2.C17H15ClN4O2.C9H15N3.CH4.S13/c1-13(2)21-9-18(33(31-21)17-7-8-17)10-23-26-19-12-24(34-6)20(25-14(3)32-35-15(25)4)11-22(19)30-27(26)29-16(5)28-23;1-7-14(8(2)24-22-7)11-5-12-10(6-13(11)23-4)15-16(18)19-9(3)20-17(15)21-12;1-6(2)8-5-9(10)12(11-8)7-3-4-7;;1-3-5-7-9-11-13-12-10-8-6-4-2/h9,11-13,17H,7-8,10H2,1-6H3,(H,28,29,30);5-6H,1-4H3,(H,19,20,21);5-7H,3-4,10H2,1-2H3;1H4;. The van der Waals surface area contributed by atoms with Crippen LogP contribution >= 0.6 is 11.6 Å². The van der Waals surface area contributed by atoms with Crippen molar-refractivity contribution in [2.24, 2.45) is 0 Å². The number of anilines is 1. The maximum Gasteiger partial charge on any atom is 0.143 e. The average molecular weight is 1410 g/mol. The summed E-state index contributed by atoms with van der Waals surface area (Å²) in [5.41, 5.74) is 19.1. The van der Waals surface area contributed by atoms with Crippen molar-refractivity contribution in [2.75, 3.05) is 20.0 Å². The van der Waals surface area contributed by atoms with Gasteiger partial charge in [-0.05, 0) is 109 Å². The topological polar surface area (TPSA) is 215 Å². The molecule has 2 fully saturated rings. The number of benzene rings is 2. The first kappa shape index (κ1) is 66.5. The lowest BCUT2D eigenvalue weighted by Crippen LogP contribution is -2.06. The molecular weight excluding hydrogens is 1350 g/mol. The molecule has 0 spiro atoms. The smallest absolute Gasteiger partial charge is 0.143 e. The Labute approximate surface area is 539 Å². The normalized spacial score (nSPS) is 12.6. The molecule has 10 aromatic rings.